The summed E-state index contributed by atoms with van der Waals surface area (Å²) in [7, 11) is 0. The summed E-state index contributed by atoms with van der Waals surface area (Å²) in [6, 6.07) is 5.97. The van der Waals surface area contributed by atoms with Crippen molar-refractivity contribution in [1.82, 2.24) is 4.98 Å². The average molecular weight is 296 g/mol. The summed E-state index contributed by atoms with van der Waals surface area (Å²) in [6.07, 6.45) is 0. The van der Waals surface area contributed by atoms with E-state index in [4.69, 9.17) is 16.3 Å². The number of benzene rings is 1. The van der Waals surface area contributed by atoms with E-state index in [0.29, 0.717) is 17.4 Å². The predicted molar refractivity (Wildman–Crippen MR) is 81.3 cm³/mol. The molecule has 2 nitrogen and oxygen atoms in total. The molecule has 0 unspecified atom stereocenters. The molecule has 0 aliphatic rings. The zero-order chi connectivity index (χ0) is 14.0. The van der Waals surface area contributed by atoms with E-state index >= 15 is 0 Å². The molecule has 102 valence electrons. The summed E-state index contributed by atoms with van der Waals surface area (Å²) in [4.78, 5) is 4.36. The molecule has 0 aliphatic heterocycles. The maximum absolute atomic E-state index is 6.26. The van der Waals surface area contributed by atoms with E-state index in [9.17, 15) is 0 Å². The van der Waals surface area contributed by atoms with Crippen LogP contribution in [0.3, 0.4) is 0 Å². The lowest BCUT2D eigenvalue weighted by Gasteiger charge is -2.20. The van der Waals surface area contributed by atoms with Crippen LogP contribution >= 0.6 is 22.9 Å². The van der Waals surface area contributed by atoms with Gasteiger partial charge in [-0.15, -0.1) is 11.3 Å². The molecule has 0 bridgehead atoms. The van der Waals surface area contributed by atoms with Gasteiger partial charge in [0.2, 0.25) is 0 Å². The number of aryl methyl sites for hydroxylation is 1. The van der Waals surface area contributed by atoms with Crippen molar-refractivity contribution >= 4 is 22.9 Å². The highest BCUT2D eigenvalue weighted by molar-refractivity contribution is 7.09. The summed E-state index contributed by atoms with van der Waals surface area (Å²) in [5.41, 5.74) is 2.24. The molecule has 0 aliphatic carbocycles. The third-order valence-corrected chi connectivity index (χ3v) is 3.96. The molecular formula is C15H18ClNOS. The van der Waals surface area contributed by atoms with Crippen LogP contribution in [-0.2, 0) is 12.0 Å². The fourth-order valence-corrected chi connectivity index (χ4v) is 2.54. The van der Waals surface area contributed by atoms with Crippen molar-refractivity contribution < 1.29 is 4.74 Å². The third-order valence-electron chi connectivity index (χ3n) is 2.84. The molecule has 0 radical (unpaired) electrons. The zero-order valence-corrected chi connectivity index (χ0v) is 13.2. The Kier molecular flexibility index (Phi) is 4.16. The maximum Gasteiger partial charge on any atom is 0.138 e. The minimum Gasteiger partial charge on any atom is -0.486 e. The van der Waals surface area contributed by atoms with Crippen molar-refractivity contribution in [2.24, 2.45) is 0 Å². The minimum absolute atomic E-state index is 0.0915. The number of halogens is 1. The van der Waals surface area contributed by atoms with Gasteiger partial charge in [-0.1, -0.05) is 38.4 Å². The van der Waals surface area contributed by atoms with Crippen molar-refractivity contribution in [3.05, 3.63) is 44.9 Å². The molecule has 2 rings (SSSR count). The Bertz CT molecular complexity index is 572. The van der Waals surface area contributed by atoms with E-state index in [0.717, 1.165) is 10.7 Å². The van der Waals surface area contributed by atoms with Crippen molar-refractivity contribution in [1.29, 1.82) is 0 Å². The molecule has 0 fully saturated rings. The van der Waals surface area contributed by atoms with E-state index in [1.165, 1.54) is 5.56 Å². The van der Waals surface area contributed by atoms with Gasteiger partial charge in [-0.25, -0.2) is 4.98 Å². The van der Waals surface area contributed by atoms with Crippen molar-refractivity contribution in [2.75, 3.05) is 0 Å². The molecule has 1 aromatic heterocycles. The molecule has 1 heterocycles. The minimum atomic E-state index is 0.0915. The topological polar surface area (TPSA) is 22.1 Å². The summed E-state index contributed by atoms with van der Waals surface area (Å²) >= 11 is 7.89. The maximum atomic E-state index is 6.26. The Morgan fingerprint density at radius 3 is 2.58 bits per heavy atom. The van der Waals surface area contributed by atoms with Gasteiger partial charge in [-0.2, -0.15) is 0 Å². The molecule has 0 spiro atoms. The number of aromatic nitrogens is 1. The quantitative estimate of drug-likeness (QED) is 0.796. The summed E-state index contributed by atoms with van der Waals surface area (Å²) in [5, 5.41) is 3.71. The fourth-order valence-electron chi connectivity index (χ4n) is 1.71. The van der Waals surface area contributed by atoms with Gasteiger partial charge >= 0.3 is 0 Å². The highest BCUT2D eigenvalue weighted by atomic mass is 35.5. The second kappa shape index (κ2) is 5.51. The molecule has 0 atom stereocenters. The summed E-state index contributed by atoms with van der Waals surface area (Å²) in [5.74, 6) is 0.709. The number of thiazole rings is 1. The van der Waals surface area contributed by atoms with E-state index < -0.39 is 0 Å². The monoisotopic (exact) mass is 295 g/mol. The van der Waals surface area contributed by atoms with Crippen LogP contribution in [-0.4, -0.2) is 4.98 Å². The number of ether oxygens (including phenoxy) is 1. The normalized spacial score (nSPS) is 11.6. The molecule has 0 amide bonds. The van der Waals surface area contributed by atoms with E-state index in [1.807, 2.05) is 24.4 Å². The first-order chi connectivity index (χ1) is 8.86. The molecule has 2 aromatic rings. The van der Waals surface area contributed by atoms with Gasteiger partial charge in [0.05, 0.1) is 15.7 Å². The van der Waals surface area contributed by atoms with Crippen LogP contribution in [0.1, 0.15) is 37.0 Å². The highest BCUT2D eigenvalue weighted by Crippen LogP contribution is 2.31. The largest absolute Gasteiger partial charge is 0.486 e. The number of hydrogen-bond donors (Lipinski definition) is 0. The van der Waals surface area contributed by atoms with E-state index in [1.54, 1.807) is 11.3 Å². The highest BCUT2D eigenvalue weighted by Gasteiger charge is 2.15. The van der Waals surface area contributed by atoms with E-state index in [-0.39, 0.29) is 5.41 Å². The van der Waals surface area contributed by atoms with Crippen LogP contribution in [0.2, 0.25) is 5.02 Å². The van der Waals surface area contributed by atoms with Gasteiger partial charge in [0.1, 0.15) is 12.4 Å². The van der Waals surface area contributed by atoms with Gasteiger partial charge in [0.15, 0.2) is 0 Å². The van der Waals surface area contributed by atoms with Crippen LogP contribution < -0.4 is 4.74 Å². The molecular weight excluding hydrogens is 278 g/mol. The van der Waals surface area contributed by atoms with Crippen LogP contribution in [0.4, 0.5) is 0 Å². The Morgan fingerprint density at radius 1 is 1.32 bits per heavy atom. The van der Waals surface area contributed by atoms with Crippen LogP contribution in [0, 0.1) is 6.92 Å². The van der Waals surface area contributed by atoms with E-state index in [2.05, 4.69) is 31.8 Å². The summed E-state index contributed by atoms with van der Waals surface area (Å²) < 4.78 is 5.72. The number of nitrogens with zero attached hydrogens (tertiary/aromatic N) is 1. The fraction of sp³-hybridized carbons (Fsp3) is 0.400. The van der Waals surface area contributed by atoms with Gasteiger partial charge in [0, 0.05) is 5.38 Å². The Hall–Kier alpha value is -1.06. The smallest absolute Gasteiger partial charge is 0.138 e. The second-order valence-electron chi connectivity index (χ2n) is 5.54. The Labute approximate surface area is 123 Å². The lowest BCUT2D eigenvalue weighted by Crippen LogP contribution is -2.10. The first-order valence-corrected chi connectivity index (χ1v) is 7.46. The molecule has 0 N–H and O–H groups in total. The number of hydrogen-bond acceptors (Lipinski definition) is 3. The van der Waals surface area contributed by atoms with Crippen LogP contribution in [0.5, 0.6) is 5.75 Å². The first-order valence-electron chi connectivity index (χ1n) is 6.20. The van der Waals surface area contributed by atoms with Gasteiger partial charge in [-0.3, -0.25) is 0 Å². The second-order valence-corrected chi connectivity index (χ2v) is 7.01. The molecule has 0 saturated carbocycles. The molecule has 19 heavy (non-hydrogen) atoms. The van der Waals surface area contributed by atoms with Gasteiger partial charge in [0.25, 0.3) is 0 Å². The lowest BCUT2D eigenvalue weighted by molar-refractivity contribution is 0.302. The zero-order valence-electron chi connectivity index (χ0n) is 11.7. The SMILES string of the molecule is Cc1nc(COc2ccc(C(C)(C)C)cc2Cl)cs1. The van der Waals surface area contributed by atoms with Crippen molar-refractivity contribution in [2.45, 2.75) is 39.7 Å². The molecule has 1 aromatic carbocycles. The van der Waals surface area contributed by atoms with Crippen molar-refractivity contribution in [3.8, 4) is 5.75 Å². The Morgan fingerprint density at radius 2 is 2.05 bits per heavy atom. The summed E-state index contributed by atoms with van der Waals surface area (Å²) in [6.45, 7) is 8.93. The molecule has 0 saturated heterocycles. The Balaban J connectivity index is 2.09. The first kappa shape index (κ1) is 14.4. The number of rotatable bonds is 3. The standard InChI is InChI=1S/C15H18ClNOS/c1-10-17-12(9-19-10)8-18-14-6-5-11(7-13(14)16)15(2,3)4/h5-7,9H,8H2,1-4H3. The lowest BCUT2D eigenvalue weighted by atomic mass is 9.87. The van der Waals surface area contributed by atoms with Gasteiger partial charge < -0.3 is 4.74 Å². The van der Waals surface area contributed by atoms with Crippen LogP contribution in [0.15, 0.2) is 23.6 Å². The predicted octanol–water partition coefficient (Wildman–Crippen LogP) is 4.98. The average Bonchev–Trinajstić information content (AvgIpc) is 2.72. The van der Waals surface area contributed by atoms with Gasteiger partial charge in [-0.05, 0) is 30.0 Å². The molecule has 4 heteroatoms. The van der Waals surface area contributed by atoms with Crippen LogP contribution in [0.25, 0.3) is 0 Å². The van der Waals surface area contributed by atoms with Crippen molar-refractivity contribution in [3.63, 3.8) is 0 Å². The third kappa shape index (κ3) is 3.71.